The van der Waals surface area contributed by atoms with E-state index >= 15 is 0 Å². The molecule has 2 N–H and O–H groups in total. The van der Waals surface area contributed by atoms with Gasteiger partial charge in [0, 0.05) is 12.3 Å². The minimum absolute atomic E-state index is 0.243. The third-order valence-corrected chi connectivity index (χ3v) is 1.60. The van der Waals surface area contributed by atoms with Crippen molar-refractivity contribution < 1.29 is 0 Å². The quantitative estimate of drug-likeness (QED) is 0.519. The van der Waals surface area contributed by atoms with E-state index in [4.69, 9.17) is 18.6 Å². The summed E-state index contributed by atoms with van der Waals surface area (Å²) < 4.78 is 0.476. The standard InChI is InChI=1S/C7H9N3S/c1-3-4-5(2)6-8-7(11)10-9-6/h1,5H,4H2,2H3,(H2,8,9,10,11)/t5-/m1/s1. The first-order valence-corrected chi connectivity index (χ1v) is 3.73. The minimum Gasteiger partial charge on any atom is -0.285 e. The average Bonchev–Trinajstić information content (AvgIpc) is 2.36. The smallest absolute Gasteiger partial charge is 0.213 e. The second kappa shape index (κ2) is 3.35. The van der Waals surface area contributed by atoms with Crippen LogP contribution in [0.3, 0.4) is 0 Å². The number of aromatic amines is 2. The van der Waals surface area contributed by atoms with E-state index in [1.165, 1.54) is 0 Å². The van der Waals surface area contributed by atoms with Crippen molar-refractivity contribution >= 4 is 12.2 Å². The number of nitrogens with one attached hydrogen (secondary N) is 2. The van der Waals surface area contributed by atoms with Gasteiger partial charge in [0.1, 0.15) is 5.82 Å². The Morgan fingerprint density at radius 3 is 2.91 bits per heavy atom. The van der Waals surface area contributed by atoms with E-state index in [1.807, 2.05) is 6.92 Å². The van der Waals surface area contributed by atoms with E-state index in [0.29, 0.717) is 11.2 Å². The number of aromatic nitrogens is 3. The summed E-state index contributed by atoms with van der Waals surface area (Å²) in [5.41, 5.74) is 0. The molecule has 1 heterocycles. The molecule has 3 nitrogen and oxygen atoms in total. The molecular weight excluding hydrogens is 158 g/mol. The average molecular weight is 167 g/mol. The van der Waals surface area contributed by atoms with Gasteiger partial charge in [-0.05, 0) is 12.2 Å². The van der Waals surface area contributed by atoms with Crippen molar-refractivity contribution in [3.05, 3.63) is 10.6 Å². The molecule has 0 bridgehead atoms. The van der Waals surface area contributed by atoms with Gasteiger partial charge in [-0.1, -0.05) is 6.92 Å². The molecular formula is C7H9N3S. The van der Waals surface area contributed by atoms with Crippen LogP contribution in [0.25, 0.3) is 0 Å². The third kappa shape index (κ3) is 1.92. The number of nitrogens with zero attached hydrogens (tertiary/aromatic N) is 1. The molecule has 58 valence electrons. The van der Waals surface area contributed by atoms with Gasteiger partial charge in [-0.25, -0.2) is 4.98 Å². The zero-order valence-electron chi connectivity index (χ0n) is 6.22. The topological polar surface area (TPSA) is 44.5 Å². The maximum atomic E-state index is 5.15. The molecule has 1 rings (SSSR count). The Bertz CT molecular complexity index is 317. The molecule has 1 aromatic rings. The summed E-state index contributed by atoms with van der Waals surface area (Å²) in [6, 6.07) is 0. The molecule has 0 radical (unpaired) electrons. The fraction of sp³-hybridized carbons (Fsp3) is 0.429. The van der Waals surface area contributed by atoms with Crippen molar-refractivity contribution in [2.24, 2.45) is 0 Å². The predicted octanol–water partition coefficient (Wildman–Crippen LogP) is 1.59. The van der Waals surface area contributed by atoms with Crippen molar-refractivity contribution in [1.29, 1.82) is 0 Å². The summed E-state index contributed by atoms with van der Waals surface area (Å²) in [4.78, 5) is 4.04. The lowest BCUT2D eigenvalue weighted by atomic mass is 10.1. The first kappa shape index (κ1) is 8.02. The van der Waals surface area contributed by atoms with Crippen molar-refractivity contribution in [2.75, 3.05) is 0 Å². The van der Waals surface area contributed by atoms with E-state index in [1.54, 1.807) is 0 Å². The van der Waals surface area contributed by atoms with Gasteiger partial charge >= 0.3 is 0 Å². The summed E-state index contributed by atoms with van der Waals surface area (Å²) in [6.45, 7) is 2.00. The number of hydrogen-bond acceptors (Lipinski definition) is 2. The molecule has 1 aromatic heterocycles. The lowest BCUT2D eigenvalue weighted by Crippen LogP contribution is -1.94. The highest BCUT2D eigenvalue weighted by Gasteiger charge is 2.05. The summed E-state index contributed by atoms with van der Waals surface area (Å²) in [5.74, 6) is 3.64. The van der Waals surface area contributed by atoms with Crippen LogP contribution in [-0.2, 0) is 0 Å². The summed E-state index contributed by atoms with van der Waals surface area (Å²) in [6.07, 6.45) is 5.82. The van der Waals surface area contributed by atoms with Gasteiger partial charge in [0.05, 0.1) is 0 Å². The van der Waals surface area contributed by atoms with Crippen LogP contribution >= 0.6 is 12.2 Å². The van der Waals surface area contributed by atoms with Crippen molar-refractivity contribution in [3.8, 4) is 12.3 Å². The second-order valence-electron chi connectivity index (χ2n) is 2.36. The Kier molecular flexibility index (Phi) is 2.44. The van der Waals surface area contributed by atoms with Crippen LogP contribution in [0.5, 0.6) is 0 Å². The van der Waals surface area contributed by atoms with E-state index in [-0.39, 0.29) is 5.92 Å². The van der Waals surface area contributed by atoms with Gasteiger partial charge < -0.3 is 0 Å². The van der Waals surface area contributed by atoms with Crippen LogP contribution in [0.15, 0.2) is 0 Å². The number of rotatable bonds is 2. The van der Waals surface area contributed by atoms with Gasteiger partial charge in [-0.15, -0.1) is 12.3 Å². The molecule has 0 saturated heterocycles. The van der Waals surface area contributed by atoms with Crippen molar-refractivity contribution in [1.82, 2.24) is 15.2 Å². The van der Waals surface area contributed by atoms with Gasteiger partial charge in [0.25, 0.3) is 0 Å². The van der Waals surface area contributed by atoms with Crippen LogP contribution in [0.2, 0.25) is 0 Å². The summed E-state index contributed by atoms with van der Waals surface area (Å²) >= 11 is 4.79. The highest BCUT2D eigenvalue weighted by atomic mass is 32.1. The monoisotopic (exact) mass is 167 g/mol. The highest BCUT2D eigenvalue weighted by molar-refractivity contribution is 7.71. The fourth-order valence-electron chi connectivity index (χ4n) is 0.790. The van der Waals surface area contributed by atoms with Crippen molar-refractivity contribution in [3.63, 3.8) is 0 Å². The Labute approximate surface area is 70.2 Å². The summed E-state index contributed by atoms with van der Waals surface area (Å²) in [5, 5.41) is 5.57. The van der Waals surface area contributed by atoms with Gasteiger partial charge in [-0.2, -0.15) is 0 Å². The molecule has 0 spiro atoms. The van der Waals surface area contributed by atoms with Crippen LogP contribution in [0.1, 0.15) is 25.1 Å². The zero-order chi connectivity index (χ0) is 8.27. The van der Waals surface area contributed by atoms with Crippen LogP contribution in [0, 0.1) is 17.1 Å². The second-order valence-corrected chi connectivity index (χ2v) is 2.75. The Hall–Kier alpha value is -1.08. The molecule has 0 aliphatic heterocycles. The van der Waals surface area contributed by atoms with Crippen LogP contribution in [-0.4, -0.2) is 15.2 Å². The maximum absolute atomic E-state index is 5.15. The normalized spacial score (nSPS) is 12.4. The first-order chi connectivity index (χ1) is 5.24. The Balaban J connectivity index is 2.78. The van der Waals surface area contributed by atoms with Crippen LogP contribution < -0.4 is 0 Å². The maximum Gasteiger partial charge on any atom is 0.213 e. The number of hydrogen-bond donors (Lipinski definition) is 2. The number of terminal acetylenes is 1. The van der Waals surface area contributed by atoms with E-state index in [0.717, 1.165) is 5.82 Å². The lowest BCUT2D eigenvalue weighted by molar-refractivity contribution is 0.729. The molecule has 0 unspecified atom stereocenters. The third-order valence-electron chi connectivity index (χ3n) is 1.41. The zero-order valence-corrected chi connectivity index (χ0v) is 7.03. The lowest BCUT2D eigenvalue weighted by Gasteiger charge is -2.00. The minimum atomic E-state index is 0.243. The molecule has 0 fully saturated rings. The first-order valence-electron chi connectivity index (χ1n) is 3.32. The fourth-order valence-corrected chi connectivity index (χ4v) is 0.939. The molecule has 0 aliphatic carbocycles. The Morgan fingerprint density at radius 1 is 1.73 bits per heavy atom. The largest absolute Gasteiger partial charge is 0.285 e. The molecule has 11 heavy (non-hydrogen) atoms. The van der Waals surface area contributed by atoms with Gasteiger partial charge in [0.15, 0.2) is 0 Å². The number of H-pyrrole nitrogens is 2. The molecule has 0 aromatic carbocycles. The van der Waals surface area contributed by atoms with Gasteiger partial charge in [-0.3, -0.25) is 10.2 Å². The predicted molar refractivity (Wildman–Crippen MR) is 45.6 cm³/mol. The summed E-state index contributed by atoms with van der Waals surface area (Å²) in [7, 11) is 0. The van der Waals surface area contributed by atoms with Crippen molar-refractivity contribution in [2.45, 2.75) is 19.3 Å². The Morgan fingerprint density at radius 2 is 2.45 bits per heavy atom. The molecule has 0 amide bonds. The molecule has 0 aliphatic rings. The SMILES string of the molecule is C#CC[C@@H](C)c1nc(=S)[nH][nH]1. The van der Waals surface area contributed by atoms with E-state index < -0.39 is 0 Å². The van der Waals surface area contributed by atoms with E-state index in [2.05, 4.69) is 21.1 Å². The molecule has 4 heteroatoms. The molecule has 1 atom stereocenters. The highest BCUT2D eigenvalue weighted by Crippen LogP contribution is 2.11. The molecule has 0 saturated carbocycles. The van der Waals surface area contributed by atoms with E-state index in [9.17, 15) is 0 Å². The van der Waals surface area contributed by atoms with Crippen LogP contribution in [0.4, 0.5) is 0 Å². The van der Waals surface area contributed by atoms with Gasteiger partial charge in [0.2, 0.25) is 4.77 Å².